The summed E-state index contributed by atoms with van der Waals surface area (Å²) >= 11 is 1.51. The molecule has 88 valence electrons. The molecule has 3 N–H and O–H groups in total. The van der Waals surface area contributed by atoms with Crippen LogP contribution in [0.15, 0.2) is 23.1 Å². The van der Waals surface area contributed by atoms with E-state index in [1.165, 1.54) is 11.8 Å². The molecule has 0 atom stereocenters. The van der Waals surface area contributed by atoms with Crippen molar-refractivity contribution >= 4 is 17.7 Å². The number of phenols is 1. The summed E-state index contributed by atoms with van der Waals surface area (Å²) in [5.41, 5.74) is 5.04. The number of thioether (sulfide) groups is 1. The first-order valence-electron chi connectivity index (χ1n) is 5.00. The predicted octanol–water partition coefficient (Wildman–Crippen LogP) is 1.76. The van der Waals surface area contributed by atoms with E-state index in [4.69, 9.17) is 10.5 Å². The van der Waals surface area contributed by atoms with Gasteiger partial charge in [0.1, 0.15) is 0 Å². The van der Waals surface area contributed by atoms with E-state index >= 15 is 0 Å². The van der Waals surface area contributed by atoms with Gasteiger partial charge in [-0.2, -0.15) is 0 Å². The number of carbonyl (C=O) groups excluding carboxylic acids is 1. The SMILES string of the molecule is CCOc1cc(SCCC(N)=O)ccc1O. The molecular weight excluding hydrogens is 226 g/mol. The van der Waals surface area contributed by atoms with Crippen molar-refractivity contribution in [2.45, 2.75) is 18.2 Å². The fourth-order valence-electron chi connectivity index (χ4n) is 1.12. The molecular formula is C11H15NO3S. The van der Waals surface area contributed by atoms with Gasteiger partial charge in [-0.25, -0.2) is 0 Å². The van der Waals surface area contributed by atoms with E-state index in [1.807, 2.05) is 6.92 Å². The molecule has 0 aliphatic heterocycles. The highest BCUT2D eigenvalue weighted by molar-refractivity contribution is 7.99. The van der Waals surface area contributed by atoms with Crippen molar-refractivity contribution in [2.24, 2.45) is 5.73 Å². The number of primary amides is 1. The minimum Gasteiger partial charge on any atom is -0.504 e. The summed E-state index contributed by atoms with van der Waals surface area (Å²) in [5, 5.41) is 9.47. The van der Waals surface area contributed by atoms with Crippen molar-refractivity contribution in [3.63, 3.8) is 0 Å². The van der Waals surface area contributed by atoms with Gasteiger partial charge in [0.15, 0.2) is 11.5 Å². The fraction of sp³-hybridized carbons (Fsp3) is 0.364. The van der Waals surface area contributed by atoms with E-state index in [9.17, 15) is 9.90 Å². The first-order valence-corrected chi connectivity index (χ1v) is 5.99. The average Bonchev–Trinajstić information content (AvgIpc) is 2.22. The van der Waals surface area contributed by atoms with Crippen molar-refractivity contribution in [1.82, 2.24) is 0 Å². The largest absolute Gasteiger partial charge is 0.504 e. The van der Waals surface area contributed by atoms with Crippen molar-refractivity contribution < 1.29 is 14.6 Å². The normalized spacial score (nSPS) is 10.1. The van der Waals surface area contributed by atoms with Gasteiger partial charge in [0, 0.05) is 17.1 Å². The van der Waals surface area contributed by atoms with E-state index in [0.29, 0.717) is 24.5 Å². The summed E-state index contributed by atoms with van der Waals surface area (Å²) in [4.78, 5) is 11.5. The minimum atomic E-state index is -0.309. The van der Waals surface area contributed by atoms with Crippen molar-refractivity contribution in [2.75, 3.05) is 12.4 Å². The Morgan fingerprint density at radius 2 is 2.31 bits per heavy atom. The molecule has 0 aromatic heterocycles. The molecule has 0 bridgehead atoms. The molecule has 5 heteroatoms. The zero-order chi connectivity index (χ0) is 12.0. The molecule has 0 aliphatic carbocycles. The molecule has 1 amide bonds. The maximum atomic E-state index is 10.6. The van der Waals surface area contributed by atoms with Gasteiger partial charge in [0.2, 0.25) is 5.91 Å². The predicted molar refractivity (Wildman–Crippen MR) is 63.8 cm³/mol. The Balaban J connectivity index is 2.60. The number of benzene rings is 1. The number of rotatable bonds is 6. The summed E-state index contributed by atoms with van der Waals surface area (Å²) in [6.07, 6.45) is 0.343. The Morgan fingerprint density at radius 3 is 2.94 bits per heavy atom. The van der Waals surface area contributed by atoms with Gasteiger partial charge >= 0.3 is 0 Å². The molecule has 1 aromatic rings. The molecule has 0 heterocycles. The smallest absolute Gasteiger partial charge is 0.218 e. The number of hydrogen-bond donors (Lipinski definition) is 2. The minimum absolute atomic E-state index is 0.126. The summed E-state index contributed by atoms with van der Waals surface area (Å²) in [5.74, 6) is 0.912. The van der Waals surface area contributed by atoms with Crippen LogP contribution < -0.4 is 10.5 Å². The highest BCUT2D eigenvalue weighted by Gasteiger charge is 2.04. The maximum Gasteiger partial charge on any atom is 0.218 e. The van der Waals surface area contributed by atoms with Crippen LogP contribution in [-0.2, 0) is 4.79 Å². The molecule has 0 fully saturated rings. The van der Waals surface area contributed by atoms with Crippen LogP contribution in [0.1, 0.15) is 13.3 Å². The fourth-order valence-corrected chi connectivity index (χ4v) is 2.02. The summed E-state index contributed by atoms with van der Waals surface area (Å²) in [7, 11) is 0. The first-order chi connectivity index (χ1) is 7.63. The van der Waals surface area contributed by atoms with E-state index < -0.39 is 0 Å². The Labute approximate surface area is 98.8 Å². The number of hydrogen-bond acceptors (Lipinski definition) is 4. The van der Waals surface area contributed by atoms with Crippen LogP contribution in [0.4, 0.5) is 0 Å². The highest BCUT2D eigenvalue weighted by Crippen LogP contribution is 2.31. The molecule has 0 saturated carbocycles. The van der Waals surface area contributed by atoms with Crippen molar-refractivity contribution in [3.05, 3.63) is 18.2 Å². The van der Waals surface area contributed by atoms with E-state index in [1.54, 1.807) is 18.2 Å². The lowest BCUT2D eigenvalue weighted by Gasteiger charge is -2.07. The highest BCUT2D eigenvalue weighted by atomic mass is 32.2. The van der Waals surface area contributed by atoms with E-state index in [-0.39, 0.29) is 11.7 Å². The third kappa shape index (κ3) is 4.02. The summed E-state index contributed by atoms with van der Waals surface area (Å²) < 4.78 is 5.25. The Morgan fingerprint density at radius 1 is 1.56 bits per heavy atom. The van der Waals surface area contributed by atoms with Crippen LogP contribution in [0.2, 0.25) is 0 Å². The zero-order valence-corrected chi connectivity index (χ0v) is 9.92. The monoisotopic (exact) mass is 241 g/mol. The first kappa shape index (κ1) is 12.7. The quantitative estimate of drug-likeness (QED) is 0.744. The molecule has 0 unspecified atom stereocenters. The zero-order valence-electron chi connectivity index (χ0n) is 9.10. The van der Waals surface area contributed by atoms with Gasteiger partial charge in [0.25, 0.3) is 0 Å². The lowest BCUT2D eigenvalue weighted by molar-refractivity contribution is -0.117. The number of carbonyl (C=O) groups is 1. The van der Waals surface area contributed by atoms with Gasteiger partial charge in [-0.05, 0) is 25.1 Å². The van der Waals surface area contributed by atoms with Gasteiger partial charge in [0.05, 0.1) is 6.61 Å². The molecule has 0 spiro atoms. The second-order valence-corrected chi connectivity index (χ2v) is 4.30. The number of ether oxygens (including phenoxy) is 1. The van der Waals surface area contributed by atoms with Crippen LogP contribution in [-0.4, -0.2) is 23.4 Å². The van der Waals surface area contributed by atoms with Gasteiger partial charge in [-0.1, -0.05) is 0 Å². The Bertz CT molecular complexity index is 368. The van der Waals surface area contributed by atoms with Crippen LogP contribution in [0.5, 0.6) is 11.5 Å². The second kappa shape index (κ2) is 6.27. The van der Waals surface area contributed by atoms with Crippen molar-refractivity contribution in [3.8, 4) is 11.5 Å². The molecule has 1 aromatic carbocycles. The lowest BCUT2D eigenvalue weighted by atomic mass is 10.3. The second-order valence-electron chi connectivity index (χ2n) is 3.13. The topological polar surface area (TPSA) is 72.5 Å². The number of aromatic hydroxyl groups is 1. The third-order valence-electron chi connectivity index (χ3n) is 1.85. The van der Waals surface area contributed by atoms with Gasteiger partial charge in [-0.15, -0.1) is 11.8 Å². The van der Waals surface area contributed by atoms with E-state index in [0.717, 1.165) is 4.90 Å². The number of amides is 1. The van der Waals surface area contributed by atoms with Gasteiger partial charge < -0.3 is 15.6 Å². The Kier molecular flexibility index (Phi) is 4.98. The van der Waals surface area contributed by atoms with E-state index in [2.05, 4.69) is 0 Å². The van der Waals surface area contributed by atoms with Crippen LogP contribution in [0, 0.1) is 0 Å². The van der Waals surface area contributed by atoms with Crippen LogP contribution in [0.3, 0.4) is 0 Å². The van der Waals surface area contributed by atoms with Crippen molar-refractivity contribution in [1.29, 1.82) is 0 Å². The molecule has 0 radical (unpaired) electrons. The molecule has 4 nitrogen and oxygen atoms in total. The van der Waals surface area contributed by atoms with Crippen LogP contribution >= 0.6 is 11.8 Å². The summed E-state index contributed by atoms with van der Waals surface area (Å²) in [6, 6.07) is 5.12. The molecule has 1 rings (SSSR count). The third-order valence-corrected chi connectivity index (χ3v) is 2.84. The molecule has 16 heavy (non-hydrogen) atoms. The standard InChI is InChI=1S/C11H15NO3S/c1-2-15-10-7-8(3-4-9(10)13)16-6-5-11(12)14/h3-4,7,13H,2,5-6H2,1H3,(H2,12,14). The number of phenolic OH excluding ortho intramolecular Hbond substituents is 1. The average molecular weight is 241 g/mol. The number of nitrogens with two attached hydrogens (primary N) is 1. The molecule has 0 aliphatic rings. The Hall–Kier alpha value is -1.36. The molecule has 0 saturated heterocycles. The van der Waals surface area contributed by atoms with Gasteiger partial charge in [-0.3, -0.25) is 4.79 Å². The van der Waals surface area contributed by atoms with Crippen LogP contribution in [0.25, 0.3) is 0 Å². The lowest BCUT2D eigenvalue weighted by Crippen LogP contribution is -2.10. The maximum absolute atomic E-state index is 10.6. The summed E-state index contributed by atoms with van der Waals surface area (Å²) in [6.45, 7) is 2.36.